The SMILES string of the molecule is Cc1cnc(N)c(C(O)C2CN(C)CCCN2C)c1. The van der Waals surface area contributed by atoms with Crippen LogP contribution in [0.15, 0.2) is 12.3 Å². The zero-order valence-electron chi connectivity index (χ0n) is 12.0. The summed E-state index contributed by atoms with van der Waals surface area (Å²) >= 11 is 0. The second kappa shape index (κ2) is 5.86. The zero-order valence-corrected chi connectivity index (χ0v) is 12.0. The minimum atomic E-state index is -0.599. The normalized spacial score (nSPS) is 24.1. The largest absolute Gasteiger partial charge is 0.387 e. The molecule has 0 radical (unpaired) electrons. The lowest BCUT2D eigenvalue weighted by Crippen LogP contribution is -2.42. The number of aliphatic hydroxyl groups is 1. The van der Waals surface area contributed by atoms with Gasteiger partial charge in [0.25, 0.3) is 0 Å². The van der Waals surface area contributed by atoms with Crippen molar-refractivity contribution in [3.05, 3.63) is 23.4 Å². The average molecular weight is 264 g/mol. The molecule has 5 heteroatoms. The number of rotatable bonds is 2. The third-order valence-electron chi connectivity index (χ3n) is 3.88. The fourth-order valence-electron chi connectivity index (χ4n) is 2.69. The topological polar surface area (TPSA) is 65.6 Å². The van der Waals surface area contributed by atoms with Crippen LogP contribution in [-0.2, 0) is 0 Å². The number of aliphatic hydroxyl groups excluding tert-OH is 1. The Morgan fingerprint density at radius 1 is 1.42 bits per heavy atom. The van der Waals surface area contributed by atoms with Crippen molar-refractivity contribution in [1.29, 1.82) is 0 Å². The molecule has 0 aromatic carbocycles. The van der Waals surface area contributed by atoms with Crippen molar-refractivity contribution < 1.29 is 5.11 Å². The van der Waals surface area contributed by atoms with Crippen LogP contribution in [0.25, 0.3) is 0 Å². The quantitative estimate of drug-likeness (QED) is 0.820. The lowest BCUT2D eigenvalue weighted by atomic mass is 10.0. The third kappa shape index (κ3) is 3.23. The number of nitrogens with two attached hydrogens (primary N) is 1. The molecule has 1 aromatic rings. The third-order valence-corrected chi connectivity index (χ3v) is 3.88. The van der Waals surface area contributed by atoms with E-state index in [1.807, 2.05) is 13.0 Å². The number of aromatic nitrogens is 1. The Balaban J connectivity index is 2.25. The zero-order chi connectivity index (χ0) is 14.0. The van der Waals surface area contributed by atoms with Gasteiger partial charge in [0.2, 0.25) is 0 Å². The van der Waals surface area contributed by atoms with Crippen molar-refractivity contribution >= 4 is 5.82 Å². The van der Waals surface area contributed by atoms with Crippen LogP contribution < -0.4 is 5.73 Å². The Morgan fingerprint density at radius 2 is 2.16 bits per heavy atom. The highest BCUT2D eigenvalue weighted by atomic mass is 16.3. The predicted octanol–water partition coefficient (Wildman–Crippen LogP) is 0.642. The van der Waals surface area contributed by atoms with E-state index >= 15 is 0 Å². The maximum Gasteiger partial charge on any atom is 0.129 e. The fourth-order valence-corrected chi connectivity index (χ4v) is 2.69. The van der Waals surface area contributed by atoms with Gasteiger partial charge in [0.15, 0.2) is 0 Å². The summed E-state index contributed by atoms with van der Waals surface area (Å²) in [7, 11) is 4.16. The molecule has 1 saturated heterocycles. The maximum atomic E-state index is 10.7. The Morgan fingerprint density at radius 3 is 2.89 bits per heavy atom. The van der Waals surface area contributed by atoms with Crippen LogP contribution >= 0.6 is 0 Å². The molecule has 1 aliphatic rings. The Labute approximate surface area is 115 Å². The summed E-state index contributed by atoms with van der Waals surface area (Å²) in [5.41, 5.74) is 7.68. The summed E-state index contributed by atoms with van der Waals surface area (Å²) in [4.78, 5) is 8.63. The Bertz CT molecular complexity index is 437. The van der Waals surface area contributed by atoms with Gasteiger partial charge in [0, 0.05) is 18.3 Å². The highest BCUT2D eigenvalue weighted by Gasteiger charge is 2.29. The van der Waals surface area contributed by atoms with Gasteiger partial charge in [-0.25, -0.2) is 4.98 Å². The van der Waals surface area contributed by atoms with Gasteiger partial charge < -0.3 is 15.7 Å². The number of pyridine rings is 1. The van der Waals surface area contributed by atoms with Crippen molar-refractivity contribution in [2.45, 2.75) is 25.5 Å². The second-order valence-electron chi connectivity index (χ2n) is 5.60. The molecule has 1 aliphatic heterocycles. The van der Waals surface area contributed by atoms with Crippen LogP contribution in [0.1, 0.15) is 23.7 Å². The Hall–Kier alpha value is -1.17. The first kappa shape index (κ1) is 14.2. The van der Waals surface area contributed by atoms with Gasteiger partial charge in [-0.3, -0.25) is 4.90 Å². The van der Waals surface area contributed by atoms with Crippen molar-refractivity contribution in [2.24, 2.45) is 0 Å². The highest BCUT2D eigenvalue weighted by molar-refractivity contribution is 5.42. The molecular formula is C14H24N4O. The molecule has 5 nitrogen and oxygen atoms in total. The van der Waals surface area contributed by atoms with Crippen LogP contribution in [-0.4, -0.2) is 59.7 Å². The van der Waals surface area contributed by atoms with Gasteiger partial charge in [-0.05, 0) is 52.2 Å². The Kier molecular flexibility index (Phi) is 4.39. The standard InChI is InChI=1S/C14H24N4O/c1-10-7-11(14(15)16-8-10)13(19)12-9-17(2)5-4-6-18(12)3/h7-8,12-13,19H,4-6,9H2,1-3H3,(H2,15,16). The molecule has 2 rings (SSSR count). The van der Waals surface area contributed by atoms with E-state index in [9.17, 15) is 5.11 Å². The first-order valence-corrected chi connectivity index (χ1v) is 6.78. The number of likely N-dealkylation sites (N-methyl/N-ethyl adjacent to an activating group) is 2. The van der Waals surface area contributed by atoms with Gasteiger partial charge in [-0.1, -0.05) is 0 Å². The summed E-state index contributed by atoms with van der Waals surface area (Å²) in [5, 5.41) is 10.7. The van der Waals surface area contributed by atoms with E-state index in [-0.39, 0.29) is 6.04 Å². The summed E-state index contributed by atoms with van der Waals surface area (Å²) in [6, 6.07) is 1.99. The average Bonchev–Trinajstić information content (AvgIpc) is 2.53. The van der Waals surface area contributed by atoms with E-state index < -0.39 is 6.10 Å². The summed E-state index contributed by atoms with van der Waals surface area (Å²) in [5.74, 6) is 0.429. The summed E-state index contributed by atoms with van der Waals surface area (Å²) < 4.78 is 0. The molecule has 1 fully saturated rings. The van der Waals surface area contributed by atoms with Crippen LogP contribution in [0.4, 0.5) is 5.82 Å². The summed E-state index contributed by atoms with van der Waals surface area (Å²) in [6.07, 6.45) is 2.25. The lowest BCUT2D eigenvalue weighted by Gasteiger charge is -2.32. The molecule has 3 N–H and O–H groups in total. The van der Waals surface area contributed by atoms with E-state index in [1.165, 1.54) is 0 Å². The smallest absolute Gasteiger partial charge is 0.129 e. The van der Waals surface area contributed by atoms with E-state index in [2.05, 4.69) is 28.9 Å². The molecule has 106 valence electrons. The first-order chi connectivity index (χ1) is 8.99. The molecular weight excluding hydrogens is 240 g/mol. The second-order valence-corrected chi connectivity index (χ2v) is 5.60. The molecule has 19 heavy (non-hydrogen) atoms. The molecule has 0 bridgehead atoms. The van der Waals surface area contributed by atoms with Crippen LogP contribution in [0.3, 0.4) is 0 Å². The van der Waals surface area contributed by atoms with E-state index in [0.717, 1.165) is 37.2 Å². The van der Waals surface area contributed by atoms with Crippen LogP contribution in [0.2, 0.25) is 0 Å². The number of hydrogen-bond donors (Lipinski definition) is 2. The predicted molar refractivity (Wildman–Crippen MR) is 76.9 cm³/mol. The minimum Gasteiger partial charge on any atom is -0.387 e. The number of nitrogen functional groups attached to an aromatic ring is 1. The molecule has 0 saturated carbocycles. The minimum absolute atomic E-state index is 0.0541. The van der Waals surface area contributed by atoms with Gasteiger partial charge in [0.1, 0.15) is 5.82 Å². The number of anilines is 1. The molecule has 2 atom stereocenters. The van der Waals surface area contributed by atoms with Crippen LogP contribution in [0.5, 0.6) is 0 Å². The van der Waals surface area contributed by atoms with Gasteiger partial charge in [0.05, 0.1) is 12.1 Å². The number of nitrogens with zero attached hydrogens (tertiary/aromatic N) is 3. The first-order valence-electron chi connectivity index (χ1n) is 6.78. The molecule has 0 amide bonds. The van der Waals surface area contributed by atoms with Gasteiger partial charge in [-0.15, -0.1) is 0 Å². The molecule has 0 aliphatic carbocycles. The summed E-state index contributed by atoms with van der Waals surface area (Å²) in [6.45, 7) is 4.86. The molecule has 2 heterocycles. The van der Waals surface area contributed by atoms with E-state index in [1.54, 1.807) is 6.20 Å². The van der Waals surface area contributed by atoms with E-state index in [0.29, 0.717) is 5.82 Å². The number of aryl methyl sites for hydroxylation is 1. The molecule has 2 unspecified atom stereocenters. The fraction of sp³-hybridized carbons (Fsp3) is 0.643. The van der Waals surface area contributed by atoms with E-state index in [4.69, 9.17) is 5.73 Å². The number of hydrogen-bond acceptors (Lipinski definition) is 5. The lowest BCUT2D eigenvalue weighted by molar-refractivity contribution is 0.0575. The van der Waals surface area contributed by atoms with Crippen molar-refractivity contribution in [3.8, 4) is 0 Å². The highest BCUT2D eigenvalue weighted by Crippen LogP contribution is 2.26. The van der Waals surface area contributed by atoms with Crippen molar-refractivity contribution in [3.63, 3.8) is 0 Å². The van der Waals surface area contributed by atoms with Gasteiger partial charge in [-0.2, -0.15) is 0 Å². The van der Waals surface area contributed by atoms with Crippen molar-refractivity contribution in [1.82, 2.24) is 14.8 Å². The monoisotopic (exact) mass is 264 g/mol. The van der Waals surface area contributed by atoms with Crippen LogP contribution in [0, 0.1) is 6.92 Å². The van der Waals surface area contributed by atoms with Gasteiger partial charge >= 0.3 is 0 Å². The molecule has 0 spiro atoms. The molecule has 1 aromatic heterocycles. The van der Waals surface area contributed by atoms with Crippen molar-refractivity contribution in [2.75, 3.05) is 39.5 Å². The maximum absolute atomic E-state index is 10.7.